The van der Waals surface area contributed by atoms with Crippen LogP contribution in [0.1, 0.15) is 29.2 Å². The number of para-hydroxylation sites is 1. The van der Waals surface area contributed by atoms with Crippen LogP contribution in [0.2, 0.25) is 0 Å². The number of carbonyl (C=O) groups is 1. The van der Waals surface area contributed by atoms with Gasteiger partial charge >= 0.3 is 0 Å². The van der Waals surface area contributed by atoms with Crippen molar-refractivity contribution in [2.75, 3.05) is 6.61 Å². The summed E-state index contributed by atoms with van der Waals surface area (Å²) in [5, 5.41) is 26.2. The highest BCUT2D eigenvalue weighted by Gasteiger charge is 2.16. The van der Waals surface area contributed by atoms with Crippen molar-refractivity contribution >= 4 is 23.5 Å². The maximum atomic E-state index is 12.3. The molecular formula is C27H26N4O7. The Labute approximate surface area is 218 Å². The van der Waals surface area contributed by atoms with E-state index in [0.29, 0.717) is 35.7 Å². The largest absolute Gasteiger partial charge is 0.490 e. The molecule has 0 aliphatic rings. The van der Waals surface area contributed by atoms with Gasteiger partial charge in [0.15, 0.2) is 11.5 Å². The van der Waals surface area contributed by atoms with Crippen LogP contribution in [0, 0.1) is 20.2 Å². The van der Waals surface area contributed by atoms with Gasteiger partial charge in [0.2, 0.25) is 5.91 Å². The van der Waals surface area contributed by atoms with E-state index < -0.39 is 15.8 Å². The van der Waals surface area contributed by atoms with E-state index in [9.17, 15) is 25.0 Å². The second-order valence-corrected chi connectivity index (χ2v) is 8.00. The van der Waals surface area contributed by atoms with Crippen molar-refractivity contribution in [1.29, 1.82) is 0 Å². The van der Waals surface area contributed by atoms with Crippen molar-refractivity contribution in [1.82, 2.24) is 5.43 Å². The van der Waals surface area contributed by atoms with Crippen LogP contribution in [0.25, 0.3) is 0 Å². The highest BCUT2D eigenvalue weighted by molar-refractivity contribution is 5.85. The van der Waals surface area contributed by atoms with Gasteiger partial charge in [-0.05, 0) is 36.6 Å². The fraction of sp³-hybridized carbons (Fsp3) is 0.185. The molecule has 3 rings (SSSR count). The number of nitro benzene ring substituents is 2. The Morgan fingerprint density at radius 2 is 1.82 bits per heavy atom. The summed E-state index contributed by atoms with van der Waals surface area (Å²) in [5.41, 5.74) is 4.47. The summed E-state index contributed by atoms with van der Waals surface area (Å²) >= 11 is 0. The highest BCUT2D eigenvalue weighted by Crippen LogP contribution is 2.34. The summed E-state index contributed by atoms with van der Waals surface area (Å²) in [6, 6.07) is 15.7. The van der Waals surface area contributed by atoms with Gasteiger partial charge in [0, 0.05) is 29.3 Å². The molecular weight excluding hydrogens is 492 g/mol. The molecule has 0 atom stereocenters. The number of hydrazone groups is 1. The fourth-order valence-corrected chi connectivity index (χ4v) is 3.64. The van der Waals surface area contributed by atoms with Crippen LogP contribution in [-0.2, 0) is 24.2 Å². The van der Waals surface area contributed by atoms with Gasteiger partial charge in [-0.3, -0.25) is 25.0 Å². The van der Waals surface area contributed by atoms with Crippen LogP contribution in [-0.4, -0.2) is 28.6 Å². The van der Waals surface area contributed by atoms with E-state index in [1.807, 2.05) is 6.92 Å². The standard InChI is InChI=1S/C27H26N4O7/c1-3-8-22-13-20(17-28-29-26(32)16-21-10-5-6-12-24(21)31(35)36)15-25(37-4-2)27(22)38-18-19-9-7-11-23(14-19)30(33)34/h3,5-7,9-15,17H,1,4,8,16,18H2,2H3,(H,29,32)/b28-17+. The molecule has 11 nitrogen and oxygen atoms in total. The van der Waals surface area contributed by atoms with Crippen LogP contribution < -0.4 is 14.9 Å². The number of rotatable bonds is 13. The van der Waals surface area contributed by atoms with E-state index in [4.69, 9.17) is 9.47 Å². The van der Waals surface area contributed by atoms with Gasteiger partial charge in [0.25, 0.3) is 11.4 Å². The van der Waals surface area contributed by atoms with Gasteiger partial charge in [-0.15, -0.1) is 6.58 Å². The summed E-state index contributed by atoms with van der Waals surface area (Å²) in [4.78, 5) is 33.5. The number of hydrogen-bond donors (Lipinski definition) is 1. The first-order valence-electron chi connectivity index (χ1n) is 11.6. The zero-order valence-electron chi connectivity index (χ0n) is 20.7. The van der Waals surface area contributed by atoms with Crippen LogP contribution in [0.15, 0.2) is 78.4 Å². The third-order valence-electron chi connectivity index (χ3n) is 5.26. The molecule has 0 fully saturated rings. The average Bonchev–Trinajstić information content (AvgIpc) is 2.89. The fourth-order valence-electron chi connectivity index (χ4n) is 3.64. The van der Waals surface area contributed by atoms with Crippen molar-refractivity contribution < 1.29 is 24.1 Å². The minimum Gasteiger partial charge on any atom is -0.490 e. The number of hydrogen-bond acceptors (Lipinski definition) is 8. The number of ether oxygens (including phenoxy) is 2. The number of nitro groups is 2. The Bertz CT molecular complexity index is 1370. The van der Waals surface area contributed by atoms with E-state index in [0.717, 1.165) is 5.56 Å². The summed E-state index contributed by atoms with van der Waals surface area (Å²) in [6.45, 7) is 6.05. The Morgan fingerprint density at radius 1 is 1.03 bits per heavy atom. The van der Waals surface area contributed by atoms with Crippen LogP contribution >= 0.6 is 0 Å². The Kier molecular flexibility index (Phi) is 9.64. The average molecular weight is 519 g/mol. The van der Waals surface area contributed by atoms with Gasteiger partial charge in [0.1, 0.15) is 6.61 Å². The molecule has 0 spiro atoms. The predicted molar refractivity (Wildman–Crippen MR) is 141 cm³/mol. The molecule has 0 saturated carbocycles. The van der Waals surface area contributed by atoms with Crippen molar-refractivity contribution in [2.24, 2.45) is 5.10 Å². The number of carbonyl (C=O) groups excluding carboxylic acids is 1. The zero-order valence-corrected chi connectivity index (χ0v) is 20.7. The molecule has 0 aliphatic heterocycles. The van der Waals surface area contributed by atoms with Crippen molar-refractivity contribution in [3.05, 3.63) is 116 Å². The van der Waals surface area contributed by atoms with Gasteiger partial charge in [-0.25, -0.2) is 5.43 Å². The Hall–Kier alpha value is -5.06. The van der Waals surface area contributed by atoms with Gasteiger partial charge in [-0.2, -0.15) is 5.10 Å². The first-order chi connectivity index (χ1) is 18.3. The van der Waals surface area contributed by atoms with Gasteiger partial charge < -0.3 is 9.47 Å². The lowest BCUT2D eigenvalue weighted by atomic mass is 10.1. The Morgan fingerprint density at radius 3 is 2.53 bits per heavy atom. The number of nitrogens with one attached hydrogen (secondary N) is 1. The first kappa shape index (κ1) is 27.5. The maximum Gasteiger partial charge on any atom is 0.273 e. The minimum atomic E-state index is -0.537. The van der Waals surface area contributed by atoms with Crippen molar-refractivity contribution in [3.63, 3.8) is 0 Å². The molecule has 0 saturated heterocycles. The topological polar surface area (TPSA) is 146 Å². The molecule has 0 bridgehead atoms. The second kappa shape index (κ2) is 13.3. The lowest BCUT2D eigenvalue weighted by Crippen LogP contribution is -2.20. The molecule has 3 aromatic rings. The third kappa shape index (κ3) is 7.47. The molecule has 0 unspecified atom stereocenters. The molecule has 1 N–H and O–H groups in total. The molecule has 0 radical (unpaired) electrons. The maximum absolute atomic E-state index is 12.3. The van der Waals surface area contributed by atoms with Gasteiger partial charge in [0.05, 0.1) is 29.1 Å². The quantitative estimate of drug-likeness (QED) is 0.146. The number of allylic oxidation sites excluding steroid dienone is 1. The number of non-ortho nitro benzene ring substituents is 1. The molecule has 3 aromatic carbocycles. The SMILES string of the molecule is C=CCc1cc(/C=N/NC(=O)Cc2ccccc2[N+](=O)[O-])cc(OCC)c1OCc1cccc([N+](=O)[O-])c1. The van der Waals surface area contributed by atoms with E-state index in [2.05, 4.69) is 17.1 Å². The third-order valence-corrected chi connectivity index (χ3v) is 5.26. The molecule has 0 aromatic heterocycles. The van der Waals surface area contributed by atoms with Crippen LogP contribution in [0.5, 0.6) is 11.5 Å². The summed E-state index contributed by atoms with van der Waals surface area (Å²) in [7, 11) is 0. The first-order valence-corrected chi connectivity index (χ1v) is 11.6. The lowest BCUT2D eigenvalue weighted by molar-refractivity contribution is -0.385. The van der Waals surface area contributed by atoms with Crippen LogP contribution in [0.4, 0.5) is 11.4 Å². The number of nitrogens with zero attached hydrogens (tertiary/aromatic N) is 3. The number of benzene rings is 3. The molecule has 0 aliphatic carbocycles. The second-order valence-electron chi connectivity index (χ2n) is 8.00. The van der Waals surface area contributed by atoms with E-state index in [1.54, 1.807) is 36.4 Å². The van der Waals surface area contributed by atoms with E-state index >= 15 is 0 Å². The Balaban J connectivity index is 1.77. The summed E-state index contributed by atoms with van der Waals surface area (Å²) in [5.74, 6) is 0.393. The lowest BCUT2D eigenvalue weighted by Gasteiger charge is -2.16. The van der Waals surface area contributed by atoms with Crippen molar-refractivity contribution in [2.45, 2.75) is 26.4 Å². The molecule has 11 heteroatoms. The molecule has 38 heavy (non-hydrogen) atoms. The summed E-state index contributed by atoms with van der Waals surface area (Å²) in [6.07, 6.45) is 3.36. The summed E-state index contributed by atoms with van der Waals surface area (Å²) < 4.78 is 11.8. The monoisotopic (exact) mass is 518 g/mol. The minimum absolute atomic E-state index is 0.0297. The van der Waals surface area contributed by atoms with E-state index in [-0.39, 0.29) is 30.0 Å². The number of amides is 1. The predicted octanol–water partition coefficient (Wildman–Crippen LogP) is 4.90. The molecule has 196 valence electrons. The van der Waals surface area contributed by atoms with E-state index in [1.165, 1.54) is 36.5 Å². The van der Waals surface area contributed by atoms with Gasteiger partial charge in [-0.1, -0.05) is 36.4 Å². The molecule has 1 amide bonds. The normalized spacial score (nSPS) is 10.7. The zero-order chi connectivity index (χ0) is 27.5. The van der Waals surface area contributed by atoms with Crippen molar-refractivity contribution in [3.8, 4) is 11.5 Å². The highest BCUT2D eigenvalue weighted by atomic mass is 16.6. The van der Waals surface area contributed by atoms with Crippen LogP contribution in [0.3, 0.4) is 0 Å². The molecule has 0 heterocycles. The smallest absolute Gasteiger partial charge is 0.273 e.